The van der Waals surface area contributed by atoms with Gasteiger partial charge in [0, 0.05) is 33.9 Å². The zero-order valence-electron chi connectivity index (χ0n) is 18.0. The Labute approximate surface area is 194 Å². The van der Waals surface area contributed by atoms with Gasteiger partial charge in [-0.2, -0.15) is 0 Å². The number of aromatic amines is 2. The maximum atomic E-state index is 12.7. The van der Waals surface area contributed by atoms with E-state index in [1.54, 1.807) is 24.3 Å². The molecule has 0 atom stereocenters. The average molecular weight is 444 g/mol. The summed E-state index contributed by atoms with van der Waals surface area (Å²) in [7, 11) is 0. The van der Waals surface area contributed by atoms with Crippen molar-refractivity contribution >= 4 is 33.5 Å². The Bertz CT molecular complexity index is 1650. The standard InChI is InChI=1S/C28H20N4O2/c33-21-9-6-17(7-10-21)19-8-11-24-26(14-19)32-27(31-24)23-15-20(16-25-22(23)12-13-29-25)30-28(34)18-4-2-1-3-5-18/h1-16,29,33H,(H,30,34)(H,31,32). The van der Waals surface area contributed by atoms with Crippen molar-refractivity contribution in [1.82, 2.24) is 15.0 Å². The van der Waals surface area contributed by atoms with E-state index < -0.39 is 0 Å². The highest BCUT2D eigenvalue weighted by Gasteiger charge is 2.14. The molecule has 4 aromatic carbocycles. The molecular weight excluding hydrogens is 424 g/mol. The van der Waals surface area contributed by atoms with Gasteiger partial charge in [0.15, 0.2) is 0 Å². The Morgan fingerprint density at radius 2 is 1.62 bits per heavy atom. The minimum atomic E-state index is -0.166. The Hall–Kier alpha value is -4.84. The zero-order valence-corrected chi connectivity index (χ0v) is 18.0. The number of phenolic OH excluding ortho intramolecular Hbond substituents is 1. The summed E-state index contributed by atoms with van der Waals surface area (Å²) in [5, 5.41) is 13.6. The van der Waals surface area contributed by atoms with E-state index in [2.05, 4.69) is 15.3 Å². The van der Waals surface area contributed by atoms with Gasteiger partial charge in [-0.05, 0) is 65.7 Å². The fraction of sp³-hybridized carbons (Fsp3) is 0. The van der Waals surface area contributed by atoms with Gasteiger partial charge in [0.2, 0.25) is 0 Å². The van der Waals surface area contributed by atoms with Crippen molar-refractivity contribution in [3.8, 4) is 28.3 Å². The third kappa shape index (κ3) is 3.57. The first-order valence-corrected chi connectivity index (χ1v) is 10.9. The molecule has 0 spiro atoms. The molecule has 2 aromatic heterocycles. The molecule has 0 bridgehead atoms. The van der Waals surface area contributed by atoms with Crippen LogP contribution in [0.4, 0.5) is 5.69 Å². The molecule has 0 saturated heterocycles. The number of H-pyrrole nitrogens is 2. The van der Waals surface area contributed by atoms with Crippen LogP contribution in [0.3, 0.4) is 0 Å². The molecule has 6 nitrogen and oxygen atoms in total. The first kappa shape index (κ1) is 19.8. The van der Waals surface area contributed by atoms with Crippen LogP contribution < -0.4 is 5.32 Å². The Morgan fingerprint density at radius 3 is 2.44 bits per heavy atom. The van der Waals surface area contributed by atoms with E-state index in [0.717, 1.165) is 44.5 Å². The van der Waals surface area contributed by atoms with Crippen LogP contribution in [0.1, 0.15) is 10.4 Å². The van der Waals surface area contributed by atoms with Gasteiger partial charge in [0.25, 0.3) is 5.91 Å². The van der Waals surface area contributed by atoms with Crippen molar-refractivity contribution in [2.45, 2.75) is 0 Å². The molecule has 0 aliphatic carbocycles. The summed E-state index contributed by atoms with van der Waals surface area (Å²) >= 11 is 0. The number of anilines is 1. The maximum absolute atomic E-state index is 12.7. The third-order valence-corrected chi connectivity index (χ3v) is 5.90. The number of aromatic hydroxyl groups is 1. The van der Waals surface area contributed by atoms with Crippen LogP contribution in [0, 0.1) is 0 Å². The number of hydrogen-bond donors (Lipinski definition) is 4. The van der Waals surface area contributed by atoms with Crippen molar-refractivity contribution in [1.29, 1.82) is 0 Å². The van der Waals surface area contributed by atoms with E-state index in [0.29, 0.717) is 11.3 Å². The van der Waals surface area contributed by atoms with Gasteiger partial charge in [-0.3, -0.25) is 4.79 Å². The van der Waals surface area contributed by atoms with Gasteiger partial charge in [0.05, 0.1) is 11.0 Å². The topological polar surface area (TPSA) is 93.8 Å². The van der Waals surface area contributed by atoms with Gasteiger partial charge >= 0.3 is 0 Å². The molecule has 1 amide bonds. The second kappa shape index (κ2) is 7.94. The predicted molar refractivity (Wildman–Crippen MR) is 135 cm³/mol. The quantitative estimate of drug-likeness (QED) is 0.256. The van der Waals surface area contributed by atoms with Crippen molar-refractivity contribution in [2.24, 2.45) is 0 Å². The lowest BCUT2D eigenvalue weighted by Gasteiger charge is -2.08. The van der Waals surface area contributed by atoms with E-state index in [9.17, 15) is 9.90 Å². The second-order valence-corrected chi connectivity index (χ2v) is 8.15. The van der Waals surface area contributed by atoms with Crippen LogP contribution in [0.15, 0.2) is 97.2 Å². The molecule has 0 aliphatic rings. The minimum Gasteiger partial charge on any atom is -0.508 e. The van der Waals surface area contributed by atoms with Crippen molar-refractivity contribution in [2.75, 3.05) is 5.32 Å². The molecule has 34 heavy (non-hydrogen) atoms. The summed E-state index contributed by atoms with van der Waals surface area (Å²) in [6.07, 6.45) is 1.88. The van der Waals surface area contributed by atoms with Gasteiger partial charge in [-0.25, -0.2) is 4.98 Å². The number of nitrogens with one attached hydrogen (secondary N) is 3. The van der Waals surface area contributed by atoms with Crippen molar-refractivity contribution in [3.63, 3.8) is 0 Å². The summed E-state index contributed by atoms with van der Waals surface area (Å²) in [6, 6.07) is 28.2. The van der Waals surface area contributed by atoms with Crippen LogP contribution in [-0.2, 0) is 0 Å². The summed E-state index contributed by atoms with van der Waals surface area (Å²) < 4.78 is 0. The maximum Gasteiger partial charge on any atom is 0.255 e. The lowest BCUT2D eigenvalue weighted by molar-refractivity contribution is 0.102. The Balaban J connectivity index is 1.40. The molecule has 0 saturated carbocycles. The average Bonchev–Trinajstić information content (AvgIpc) is 3.51. The summed E-state index contributed by atoms with van der Waals surface area (Å²) in [4.78, 5) is 24.2. The van der Waals surface area contributed by atoms with Crippen LogP contribution >= 0.6 is 0 Å². The van der Waals surface area contributed by atoms with Crippen LogP contribution in [0.25, 0.3) is 44.5 Å². The fourth-order valence-corrected chi connectivity index (χ4v) is 4.20. The van der Waals surface area contributed by atoms with Crippen LogP contribution in [0.2, 0.25) is 0 Å². The van der Waals surface area contributed by atoms with Gasteiger partial charge in [-0.1, -0.05) is 36.4 Å². The number of imidazole rings is 1. The lowest BCUT2D eigenvalue weighted by Crippen LogP contribution is -2.11. The Morgan fingerprint density at radius 1 is 0.824 bits per heavy atom. The van der Waals surface area contributed by atoms with E-state index in [4.69, 9.17) is 4.98 Å². The molecule has 4 N–H and O–H groups in total. The van der Waals surface area contributed by atoms with Gasteiger partial charge in [0.1, 0.15) is 11.6 Å². The van der Waals surface area contributed by atoms with Crippen molar-refractivity contribution in [3.05, 3.63) is 103 Å². The summed E-state index contributed by atoms with van der Waals surface area (Å²) in [5.74, 6) is 0.794. The monoisotopic (exact) mass is 444 g/mol. The van der Waals surface area contributed by atoms with E-state index in [-0.39, 0.29) is 11.7 Å². The van der Waals surface area contributed by atoms with Crippen LogP contribution in [-0.4, -0.2) is 26.0 Å². The van der Waals surface area contributed by atoms with Gasteiger partial charge < -0.3 is 20.4 Å². The molecular formula is C28H20N4O2. The first-order chi connectivity index (χ1) is 16.6. The highest BCUT2D eigenvalue weighted by Crippen LogP contribution is 2.33. The van der Waals surface area contributed by atoms with E-state index in [1.165, 1.54) is 0 Å². The number of hydrogen-bond acceptors (Lipinski definition) is 3. The number of carbonyl (C=O) groups is 1. The molecule has 6 aromatic rings. The lowest BCUT2D eigenvalue weighted by atomic mass is 10.1. The number of carbonyl (C=O) groups excluding carboxylic acids is 1. The predicted octanol–water partition coefficient (Wildman–Crippen LogP) is 6.34. The number of amides is 1. The smallest absolute Gasteiger partial charge is 0.255 e. The SMILES string of the molecule is O=C(Nc1cc(-c2nc3ccc(-c4ccc(O)cc4)cc3[nH]2)c2cc[nH]c2c1)c1ccccc1. The largest absolute Gasteiger partial charge is 0.508 e. The molecule has 164 valence electrons. The molecule has 0 unspecified atom stereocenters. The van der Waals surface area contributed by atoms with E-state index in [1.807, 2.05) is 72.9 Å². The summed E-state index contributed by atoms with van der Waals surface area (Å²) in [6.45, 7) is 0. The molecule has 6 rings (SSSR count). The molecule has 6 heteroatoms. The Kier molecular flexibility index (Phi) is 4.63. The second-order valence-electron chi connectivity index (χ2n) is 8.15. The zero-order chi connectivity index (χ0) is 23.1. The number of phenols is 1. The summed E-state index contributed by atoms with van der Waals surface area (Å²) in [5.41, 5.74) is 6.87. The number of aromatic nitrogens is 3. The number of fused-ring (bicyclic) bond motifs is 2. The molecule has 0 radical (unpaired) electrons. The van der Waals surface area contributed by atoms with Gasteiger partial charge in [-0.15, -0.1) is 0 Å². The number of rotatable bonds is 4. The van der Waals surface area contributed by atoms with Crippen LogP contribution in [0.5, 0.6) is 5.75 Å². The molecule has 0 aliphatic heterocycles. The fourth-order valence-electron chi connectivity index (χ4n) is 4.20. The van der Waals surface area contributed by atoms with Crippen molar-refractivity contribution < 1.29 is 9.90 Å². The highest BCUT2D eigenvalue weighted by molar-refractivity contribution is 6.06. The number of benzene rings is 4. The highest BCUT2D eigenvalue weighted by atomic mass is 16.3. The normalized spacial score (nSPS) is 11.2. The number of nitrogens with zero attached hydrogens (tertiary/aromatic N) is 1. The molecule has 2 heterocycles. The molecule has 0 fully saturated rings. The minimum absolute atomic E-state index is 0.166. The van der Waals surface area contributed by atoms with E-state index >= 15 is 0 Å². The third-order valence-electron chi connectivity index (χ3n) is 5.90. The first-order valence-electron chi connectivity index (χ1n) is 10.9.